The molecule has 0 spiro atoms. The Morgan fingerprint density at radius 2 is 2.00 bits per heavy atom. The molecular formula is C17H18ClN3. The van der Waals surface area contributed by atoms with Gasteiger partial charge in [0, 0.05) is 17.8 Å². The number of imidazole rings is 1. The maximum atomic E-state index is 6.36. The summed E-state index contributed by atoms with van der Waals surface area (Å²) in [7, 11) is 0. The van der Waals surface area contributed by atoms with Crippen molar-refractivity contribution in [3.8, 4) is 11.4 Å². The molecule has 108 valence electrons. The molecule has 0 atom stereocenters. The van der Waals surface area contributed by atoms with Crippen LogP contribution in [0.25, 0.3) is 22.4 Å². The Morgan fingerprint density at radius 1 is 1.24 bits per heavy atom. The predicted molar refractivity (Wildman–Crippen MR) is 89.7 cm³/mol. The molecule has 0 bridgehead atoms. The van der Waals surface area contributed by atoms with Crippen LogP contribution in [0.3, 0.4) is 0 Å². The molecule has 2 aromatic carbocycles. The van der Waals surface area contributed by atoms with Gasteiger partial charge in [0.2, 0.25) is 0 Å². The lowest BCUT2D eigenvalue weighted by molar-refractivity contribution is 0.795. The number of nitrogens with two attached hydrogens (primary N) is 1. The summed E-state index contributed by atoms with van der Waals surface area (Å²) in [5.74, 6) is 0.925. The number of aromatic nitrogens is 2. The third-order valence-electron chi connectivity index (χ3n) is 3.96. The van der Waals surface area contributed by atoms with Crippen LogP contribution in [0.2, 0.25) is 5.02 Å². The number of benzene rings is 2. The van der Waals surface area contributed by atoms with Gasteiger partial charge in [0.05, 0.1) is 16.1 Å². The summed E-state index contributed by atoms with van der Waals surface area (Å²) in [5.41, 5.74) is 12.1. The number of hydrogen-bond acceptors (Lipinski definition) is 2. The molecule has 0 aliphatic carbocycles. The lowest BCUT2D eigenvalue weighted by Crippen LogP contribution is -2.01. The molecule has 0 aliphatic rings. The number of fused-ring (bicyclic) bond motifs is 1. The largest absolute Gasteiger partial charge is 0.399 e. The summed E-state index contributed by atoms with van der Waals surface area (Å²) < 4.78 is 2.15. The molecule has 0 aliphatic heterocycles. The fraction of sp³-hybridized carbons (Fsp3) is 0.235. The maximum Gasteiger partial charge on any atom is 0.141 e. The van der Waals surface area contributed by atoms with Crippen LogP contribution < -0.4 is 5.73 Å². The van der Waals surface area contributed by atoms with Gasteiger partial charge >= 0.3 is 0 Å². The van der Waals surface area contributed by atoms with Crippen molar-refractivity contribution in [3.63, 3.8) is 0 Å². The van der Waals surface area contributed by atoms with Gasteiger partial charge in [-0.25, -0.2) is 4.98 Å². The van der Waals surface area contributed by atoms with Crippen LogP contribution in [0.4, 0.5) is 5.69 Å². The Morgan fingerprint density at radius 3 is 2.71 bits per heavy atom. The summed E-state index contributed by atoms with van der Waals surface area (Å²) in [5, 5.41) is 0.728. The second-order valence-corrected chi connectivity index (χ2v) is 5.70. The van der Waals surface area contributed by atoms with Crippen molar-refractivity contribution in [2.24, 2.45) is 0 Å². The first kappa shape index (κ1) is 14.0. The number of para-hydroxylation sites is 1. The molecule has 0 saturated heterocycles. The fourth-order valence-corrected chi connectivity index (χ4v) is 3.05. The van der Waals surface area contributed by atoms with E-state index in [1.54, 1.807) is 0 Å². The van der Waals surface area contributed by atoms with E-state index < -0.39 is 0 Å². The van der Waals surface area contributed by atoms with E-state index in [0.717, 1.165) is 39.7 Å². The van der Waals surface area contributed by atoms with E-state index in [0.29, 0.717) is 0 Å². The van der Waals surface area contributed by atoms with Gasteiger partial charge in [0.15, 0.2) is 0 Å². The van der Waals surface area contributed by atoms with Crippen molar-refractivity contribution < 1.29 is 0 Å². The van der Waals surface area contributed by atoms with E-state index in [-0.39, 0.29) is 0 Å². The van der Waals surface area contributed by atoms with Gasteiger partial charge in [-0.3, -0.25) is 0 Å². The van der Waals surface area contributed by atoms with E-state index >= 15 is 0 Å². The van der Waals surface area contributed by atoms with Crippen molar-refractivity contribution in [2.75, 3.05) is 5.73 Å². The maximum absolute atomic E-state index is 6.36. The monoisotopic (exact) mass is 299 g/mol. The molecule has 1 aromatic heterocycles. The third-order valence-corrected chi connectivity index (χ3v) is 4.27. The summed E-state index contributed by atoms with van der Waals surface area (Å²) in [6, 6.07) is 9.80. The Hall–Kier alpha value is -2.00. The van der Waals surface area contributed by atoms with Crippen LogP contribution in [0.15, 0.2) is 30.3 Å². The van der Waals surface area contributed by atoms with Gasteiger partial charge in [-0.2, -0.15) is 0 Å². The van der Waals surface area contributed by atoms with Gasteiger partial charge in [0.1, 0.15) is 5.82 Å². The highest BCUT2D eigenvalue weighted by atomic mass is 35.5. The van der Waals surface area contributed by atoms with Crippen LogP contribution in [0, 0.1) is 13.8 Å². The van der Waals surface area contributed by atoms with Crippen molar-refractivity contribution in [1.29, 1.82) is 0 Å². The second-order valence-electron chi connectivity index (χ2n) is 5.30. The van der Waals surface area contributed by atoms with Crippen LogP contribution in [0.5, 0.6) is 0 Å². The van der Waals surface area contributed by atoms with E-state index in [9.17, 15) is 0 Å². The molecule has 3 rings (SSSR count). The number of halogens is 1. The normalized spacial score (nSPS) is 11.2. The molecule has 0 saturated carbocycles. The third kappa shape index (κ3) is 2.18. The summed E-state index contributed by atoms with van der Waals surface area (Å²) in [4.78, 5) is 4.78. The number of rotatable bonds is 2. The lowest BCUT2D eigenvalue weighted by Gasteiger charge is -2.12. The molecule has 1 heterocycles. The van der Waals surface area contributed by atoms with E-state index in [1.807, 2.05) is 30.3 Å². The second kappa shape index (κ2) is 5.08. The van der Waals surface area contributed by atoms with E-state index in [1.165, 1.54) is 11.1 Å². The van der Waals surface area contributed by atoms with Gasteiger partial charge in [-0.1, -0.05) is 17.7 Å². The van der Waals surface area contributed by atoms with Gasteiger partial charge in [-0.15, -0.1) is 0 Å². The first-order chi connectivity index (χ1) is 10.0. The van der Waals surface area contributed by atoms with E-state index in [2.05, 4.69) is 25.3 Å². The van der Waals surface area contributed by atoms with Gasteiger partial charge in [-0.05, 0) is 56.2 Å². The van der Waals surface area contributed by atoms with Crippen molar-refractivity contribution in [3.05, 3.63) is 46.5 Å². The average molecular weight is 300 g/mol. The molecule has 0 radical (unpaired) electrons. The molecule has 0 fully saturated rings. The molecule has 0 amide bonds. The highest BCUT2D eigenvalue weighted by Gasteiger charge is 2.16. The minimum Gasteiger partial charge on any atom is -0.399 e. The lowest BCUT2D eigenvalue weighted by atomic mass is 10.0. The predicted octanol–water partition coefficient (Wildman–Crippen LogP) is 4.58. The van der Waals surface area contributed by atoms with Crippen molar-refractivity contribution in [2.45, 2.75) is 27.3 Å². The van der Waals surface area contributed by atoms with Crippen LogP contribution in [0.1, 0.15) is 18.1 Å². The quantitative estimate of drug-likeness (QED) is 0.704. The Bertz CT molecular complexity index is 834. The number of anilines is 1. The minimum absolute atomic E-state index is 0.728. The minimum atomic E-state index is 0.728. The summed E-state index contributed by atoms with van der Waals surface area (Å²) in [6.45, 7) is 7.08. The fourth-order valence-electron chi connectivity index (χ4n) is 2.77. The molecule has 4 heteroatoms. The highest BCUT2D eigenvalue weighted by molar-refractivity contribution is 6.35. The number of aryl methyl sites for hydroxylation is 2. The van der Waals surface area contributed by atoms with Crippen LogP contribution >= 0.6 is 11.6 Å². The van der Waals surface area contributed by atoms with Gasteiger partial charge in [0.25, 0.3) is 0 Å². The van der Waals surface area contributed by atoms with Crippen LogP contribution in [-0.2, 0) is 6.54 Å². The van der Waals surface area contributed by atoms with Gasteiger partial charge < -0.3 is 10.3 Å². The first-order valence-electron chi connectivity index (χ1n) is 7.04. The zero-order chi connectivity index (χ0) is 15.1. The molecule has 21 heavy (non-hydrogen) atoms. The Labute approximate surface area is 129 Å². The Kier molecular flexibility index (Phi) is 3.38. The topological polar surface area (TPSA) is 43.8 Å². The van der Waals surface area contributed by atoms with E-state index in [4.69, 9.17) is 22.3 Å². The molecule has 3 nitrogen and oxygen atoms in total. The van der Waals surface area contributed by atoms with Crippen molar-refractivity contribution >= 4 is 28.3 Å². The highest BCUT2D eigenvalue weighted by Crippen LogP contribution is 2.33. The summed E-state index contributed by atoms with van der Waals surface area (Å²) in [6.07, 6.45) is 0. The molecule has 2 N–H and O–H groups in total. The zero-order valence-electron chi connectivity index (χ0n) is 12.4. The standard InChI is InChI=1S/C17H18ClN3/c1-4-21-16-14(18)6-5-7-15(16)20-17(21)13-9-12(19)8-10(2)11(13)3/h5-9H,4,19H2,1-3H3. The number of hydrogen-bond donors (Lipinski definition) is 1. The van der Waals surface area contributed by atoms with Crippen LogP contribution in [-0.4, -0.2) is 9.55 Å². The van der Waals surface area contributed by atoms with Crippen molar-refractivity contribution in [1.82, 2.24) is 9.55 Å². The Balaban J connectivity index is 2.38. The smallest absolute Gasteiger partial charge is 0.141 e. The first-order valence-corrected chi connectivity index (χ1v) is 7.42. The number of nitrogen functional groups attached to an aromatic ring is 1. The average Bonchev–Trinajstić information content (AvgIpc) is 2.82. The molecule has 0 unspecified atom stereocenters. The molecular weight excluding hydrogens is 282 g/mol. The molecule has 3 aromatic rings. The summed E-state index contributed by atoms with van der Waals surface area (Å²) >= 11 is 6.36. The SMILES string of the molecule is CCn1c(-c2cc(N)cc(C)c2C)nc2cccc(Cl)c21. The zero-order valence-corrected chi connectivity index (χ0v) is 13.2. The number of nitrogens with zero attached hydrogens (tertiary/aromatic N) is 2.